The minimum absolute atomic E-state index is 0.0572. The van der Waals surface area contributed by atoms with E-state index in [2.05, 4.69) is 15.6 Å². The smallest absolute Gasteiger partial charge is 0.317 e. The molecule has 2 N–H and O–H groups in total. The molecular weight excluding hydrogens is 354 g/mol. The normalized spacial score (nSPS) is 17.1. The molecule has 2 amide bonds. The number of hydrogen-bond donors (Lipinski definition) is 2. The quantitative estimate of drug-likeness (QED) is 0.727. The number of amides is 2. The molecule has 0 radical (unpaired) electrons. The van der Waals surface area contributed by atoms with Crippen LogP contribution in [-0.4, -0.2) is 46.1 Å². The summed E-state index contributed by atoms with van der Waals surface area (Å²) in [5.74, 6) is 0.924. The van der Waals surface area contributed by atoms with Crippen LogP contribution in [0.1, 0.15) is 25.6 Å². The van der Waals surface area contributed by atoms with Gasteiger partial charge in [0, 0.05) is 18.3 Å². The van der Waals surface area contributed by atoms with E-state index in [0.29, 0.717) is 19.7 Å². The van der Waals surface area contributed by atoms with Crippen molar-refractivity contribution in [2.24, 2.45) is 0 Å². The lowest BCUT2D eigenvalue weighted by Crippen LogP contribution is -2.48. The molecule has 7 heteroatoms. The minimum Gasteiger partial charge on any atom is -0.368 e. The van der Waals surface area contributed by atoms with Gasteiger partial charge < -0.3 is 20.3 Å². The van der Waals surface area contributed by atoms with Gasteiger partial charge in [-0.25, -0.2) is 9.78 Å². The number of hydrogen-bond acceptors (Lipinski definition) is 4. The van der Waals surface area contributed by atoms with E-state index < -0.39 is 0 Å². The maximum Gasteiger partial charge on any atom is 0.317 e. The molecule has 0 bridgehead atoms. The molecule has 3 heterocycles. The predicted molar refractivity (Wildman–Crippen MR) is 109 cm³/mol. The van der Waals surface area contributed by atoms with Gasteiger partial charge in [-0.15, -0.1) is 0 Å². The predicted octanol–water partition coefficient (Wildman–Crippen LogP) is 3.57. The highest BCUT2D eigenvalue weighted by Crippen LogP contribution is 2.27. The molecule has 2 aromatic heterocycles. The number of nitrogens with one attached hydrogen (secondary N) is 2. The number of rotatable bonds is 4. The molecule has 28 heavy (non-hydrogen) atoms. The van der Waals surface area contributed by atoms with E-state index >= 15 is 0 Å². The first-order valence-corrected chi connectivity index (χ1v) is 9.57. The third kappa shape index (κ3) is 3.80. The van der Waals surface area contributed by atoms with Gasteiger partial charge in [-0.05, 0) is 38.1 Å². The summed E-state index contributed by atoms with van der Waals surface area (Å²) in [6.45, 7) is 5.49. The second kappa shape index (κ2) is 7.90. The van der Waals surface area contributed by atoms with E-state index in [-0.39, 0.29) is 18.2 Å². The van der Waals surface area contributed by atoms with Crippen LogP contribution in [0.4, 0.5) is 16.3 Å². The molecule has 0 spiro atoms. The van der Waals surface area contributed by atoms with E-state index in [1.165, 1.54) is 0 Å². The summed E-state index contributed by atoms with van der Waals surface area (Å²) in [6, 6.07) is 16.1. The number of nitrogens with zero attached hydrogens (tertiary/aromatic N) is 3. The van der Waals surface area contributed by atoms with Gasteiger partial charge in [-0.3, -0.25) is 4.40 Å². The monoisotopic (exact) mass is 379 g/mol. The van der Waals surface area contributed by atoms with Gasteiger partial charge in [0.05, 0.1) is 24.4 Å². The number of ether oxygens (including phenoxy) is 1. The maximum absolute atomic E-state index is 12.4. The van der Waals surface area contributed by atoms with Crippen molar-refractivity contribution in [3.63, 3.8) is 0 Å². The maximum atomic E-state index is 12.4. The average Bonchev–Trinajstić information content (AvgIpc) is 3.14. The van der Waals surface area contributed by atoms with Crippen LogP contribution >= 0.6 is 0 Å². The summed E-state index contributed by atoms with van der Waals surface area (Å²) in [6.07, 6.45) is 1.55. The summed E-state index contributed by atoms with van der Waals surface area (Å²) in [7, 11) is 0. The molecule has 3 aromatic rings. The topological polar surface area (TPSA) is 70.9 Å². The Kier molecular flexibility index (Phi) is 5.16. The fourth-order valence-corrected chi connectivity index (χ4v) is 3.40. The number of aromatic nitrogens is 2. The highest BCUT2D eigenvalue weighted by atomic mass is 16.5. The molecule has 1 aliphatic rings. The first-order valence-electron chi connectivity index (χ1n) is 9.57. The Morgan fingerprint density at radius 2 is 2.00 bits per heavy atom. The van der Waals surface area contributed by atoms with E-state index in [1.54, 1.807) is 11.2 Å². The van der Waals surface area contributed by atoms with Gasteiger partial charge >= 0.3 is 6.03 Å². The number of benzene rings is 1. The molecule has 0 unspecified atom stereocenters. The van der Waals surface area contributed by atoms with E-state index in [0.717, 1.165) is 22.7 Å². The van der Waals surface area contributed by atoms with Crippen molar-refractivity contribution in [3.05, 3.63) is 60.6 Å². The average molecular weight is 379 g/mol. The van der Waals surface area contributed by atoms with E-state index in [1.807, 2.05) is 66.8 Å². The Labute approximate surface area is 164 Å². The van der Waals surface area contributed by atoms with Crippen molar-refractivity contribution in [1.29, 1.82) is 0 Å². The first kappa shape index (κ1) is 18.3. The SMILES string of the molecule is CC(C)NC(=O)N1CCO[C@H](c2ncn3c(Nc4ccccc4)cccc23)C1. The molecule has 1 saturated heterocycles. The lowest BCUT2D eigenvalue weighted by molar-refractivity contribution is -0.0168. The van der Waals surface area contributed by atoms with E-state index in [9.17, 15) is 4.79 Å². The number of fused-ring (bicyclic) bond motifs is 1. The summed E-state index contributed by atoms with van der Waals surface area (Å²) in [5, 5.41) is 6.37. The van der Waals surface area contributed by atoms with Crippen molar-refractivity contribution >= 4 is 23.1 Å². The largest absolute Gasteiger partial charge is 0.368 e. The third-order valence-corrected chi connectivity index (χ3v) is 4.72. The standard InChI is InChI=1S/C21H25N5O2/c1-15(2)23-21(27)25-11-12-28-18(13-25)20-17-9-6-10-19(26(17)14-22-20)24-16-7-4-3-5-8-16/h3-10,14-15,18,24H,11-13H2,1-2H3,(H,23,27)/t18-/m0/s1. The molecule has 7 nitrogen and oxygen atoms in total. The van der Waals surface area contributed by atoms with Crippen molar-refractivity contribution < 1.29 is 9.53 Å². The summed E-state index contributed by atoms with van der Waals surface area (Å²) in [5.41, 5.74) is 2.83. The number of carbonyl (C=O) groups is 1. The molecule has 1 fully saturated rings. The van der Waals surface area contributed by atoms with Crippen LogP contribution in [0.15, 0.2) is 54.9 Å². The zero-order valence-electron chi connectivity index (χ0n) is 16.1. The highest BCUT2D eigenvalue weighted by Gasteiger charge is 2.28. The second-order valence-corrected chi connectivity index (χ2v) is 7.20. The second-order valence-electron chi connectivity index (χ2n) is 7.20. The van der Waals surface area contributed by atoms with Crippen LogP contribution in [0.2, 0.25) is 0 Å². The Morgan fingerprint density at radius 3 is 2.79 bits per heavy atom. The van der Waals surface area contributed by atoms with Gasteiger partial charge in [-0.1, -0.05) is 24.3 Å². The molecule has 4 rings (SSSR count). The first-order chi connectivity index (χ1) is 13.6. The number of pyridine rings is 1. The van der Waals surface area contributed by atoms with Crippen molar-refractivity contribution in [2.75, 3.05) is 25.0 Å². The number of urea groups is 1. The number of para-hydroxylation sites is 1. The molecule has 146 valence electrons. The number of imidazole rings is 1. The zero-order chi connectivity index (χ0) is 19.5. The molecule has 0 aliphatic carbocycles. The van der Waals surface area contributed by atoms with Crippen LogP contribution in [0.3, 0.4) is 0 Å². The Hall–Kier alpha value is -3.06. The molecule has 1 aromatic carbocycles. The highest BCUT2D eigenvalue weighted by molar-refractivity contribution is 5.74. The molecule has 1 aliphatic heterocycles. The number of morpholine rings is 1. The van der Waals surface area contributed by atoms with E-state index in [4.69, 9.17) is 4.74 Å². The van der Waals surface area contributed by atoms with Crippen LogP contribution in [-0.2, 0) is 4.74 Å². The van der Waals surface area contributed by atoms with Crippen LogP contribution in [0.5, 0.6) is 0 Å². The lowest BCUT2D eigenvalue weighted by atomic mass is 10.2. The minimum atomic E-state index is -0.247. The molecule has 1 atom stereocenters. The van der Waals surface area contributed by atoms with Gasteiger partial charge in [0.25, 0.3) is 0 Å². The lowest BCUT2D eigenvalue weighted by Gasteiger charge is -2.33. The Bertz CT molecular complexity index is 954. The summed E-state index contributed by atoms with van der Waals surface area (Å²) in [4.78, 5) is 18.8. The van der Waals surface area contributed by atoms with Crippen molar-refractivity contribution in [3.8, 4) is 0 Å². The van der Waals surface area contributed by atoms with Gasteiger partial charge in [0.1, 0.15) is 18.2 Å². The fraction of sp³-hybridized carbons (Fsp3) is 0.333. The summed E-state index contributed by atoms with van der Waals surface area (Å²) < 4.78 is 7.97. The fourth-order valence-electron chi connectivity index (χ4n) is 3.40. The van der Waals surface area contributed by atoms with Gasteiger partial charge in [-0.2, -0.15) is 0 Å². The number of carbonyl (C=O) groups excluding carboxylic acids is 1. The Morgan fingerprint density at radius 1 is 1.18 bits per heavy atom. The van der Waals surface area contributed by atoms with Crippen LogP contribution in [0, 0.1) is 0 Å². The van der Waals surface area contributed by atoms with Gasteiger partial charge in [0.2, 0.25) is 0 Å². The Balaban J connectivity index is 1.58. The number of anilines is 2. The van der Waals surface area contributed by atoms with Gasteiger partial charge in [0.15, 0.2) is 0 Å². The molecule has 0 saturated carbocycles. The third-order valence-electron chi connectivity index (χ3n) is 4.72. The van der Waals surface area contributed by atoms with Crippen LogP contribution < -0.4 is 10.6 Å². The molecular formula is C21H25N5O2. The van der Waals surface area contributed by atoms with Crippen molar-refractivity contribution in [2.45, 2.75) is 26.0 Å². The zero-order valence-corrected chi connectivity index (χ0v) is 16.1. The van der Waals surface area contributed by atoms with Crippen molar-refractivity contribution in [1.82, 2.24) is 19.6 Å². The van der Waals surface area contributed by atoms with Crippen LogP contribution in [0.25, 0.3) is 5.52 Å². The summed E-state index contributed by atoms with van der Waals surface area (Å²) >= 11 is 0.